The molecule has 0 bridgehead atoms. The molecule has 5 nitrogen and oxygen atoms in total. The van der Waals surface area contributed by atoms with Crippen molar-refractivity contribution in [2.75, 3.05) is 6.61 Å². The van der Waals surface area contributed by atoms with E-state index in [-0.39, 0.29) is 24.0 Å². The second-order valence-corrected chi connectivity index (χ2v) is 8.85. The summed E-state index contributed by atoms with van der Waals surface area (Å²) in [5, 5.41) is 3.59. The summed E-state index contributed by atoms with van der Waals surface area (Å²) >= 11 is 5.90. The largest absolute Gasteiger partial charge is 0.484 e. The fourth-order valence-electron chi connectivity index (χ4n) is 3.14. The molecule has 1 atom stereocenters. The van der Waals surface area contributed by atoms with E-state index in [0.29, 0.717) is 23.7 Å². The van der Waals surface area contributed by atoms with Crippen molar-refractivity contribution >= 4 is 23.4 Å². The lowest BCUT2D eigenvalue weighted by Gasteiger charge is -2.33. The first-order valence-electron chi connectivity index (χ1n) is 10.1. The van der Waals surface area contributed by atoms with Crippen LogP contribution in [-0.2, 0) is 16.1 Å². The molecule has 0 saturated heterocycles. The molecule has 0 unspecified atom stereocenters. The lowest BCUT2D eigenvalue weighted by atomic mass is 10.1. The number of hydrogen-bond donors (Lipinski definition) is 1. The molecule has 0 fully saturated rings. The summed E-state index contributed by atoms with van der Waals surface area (Å²) in [6, 6.07) is 14.2. The SMILES string of the molecule is CC[C@@H](C(=O)NC(C)(C)C)N(Cc1cccc(C)c1)C(=O)COc1ccc(Cl)cc1. The summed E-state index contributed by atoms with van der Waals surface area (Å²) in [7, 11) is 0. The van der Waals surface area contributed by atoms with Crippen molar-refractivity contribution < 1.29 is 14.3 Å². The van der Waals surface area contributed by atoms with Crippen molar-refractivity contribution in [3.05, 3.63) is 64.7 Å². The molecule has 0 spiro atoms. The van der Waals surface area contributed by atoms with Crippen molar-refractivity contribution in [1.29, 1.82) is 0 Å². The third-order valence-electron chi connectivity index (χ3n) is 4.50. The standard InChI is InChI=1S/C24H31ClN2O3/c1-6-21(23(29)26-24(3,4)5)27(15-18-9-7-8-17(2)14-18)22(28)16-30-20-12-10-19(25)11-13-20/h7-14,21H,6,15-16H2,1-5H3,(H,26,29)/t21-/m0/s1. The van der Waals surface area contributed by atoms with E-state index in [1.165, 1.54) is 0 Å². The Balaban J connectivity index is 2.22. The predicted octanol–water partition coefficient (Wildman–Crippen LogP) is 4.75. The van der Waals surface area contributed by atoms with Crippen LogP contribution in [0.4, 0.5) is 0 Å². The van der Waals surface area contributed by atoms with Gasteiger partial charge in [0.15, 0.2) is 6.61 Å². The molecule has 2 aromatic rings. The summed E-state index contributed by atoms with van der Waals surface area (Å²) in [6.45, 7) is 9.86. The lowest BCUT2D eigenvalue weighted by Crippen LogP contribution is -2.54. The number of aryl methyl sites for hydroxylation is 1. The van der Waals surface area contributed by atoms with Crippen molar-refractivity contribution in [2.24, 2.45) is 0 Å². The van der Waals surface area contributed by atoms with E-state index in [9.17, 15) is 9.59 Å². The summed E-state index contributed by atoms with van der Waals surface area (Å²) in [4.78, 5) is 27.7. The van der Waals surface area contributed by atoms with Crippen LogP contribution in [0.3, 0.4) is 0 Å². The van der Waals surface area contributed by atoms with Gasteiger partial charge in [0.2, 0.25) is 5.91 Å². The molecule has 30 heavy (non-hydrogen) atoms. The number of nitrogens with zero attached hydrogens (tertiary/aromatic N) is 1. The lowest BCUT2D eigenvalue weighted by molar-refractivity contribution is -0.143. The smallest absolute Gasteiger partial charge is 0.261 e. The fraction of sp³-hybridized carbons (Fsp3) is 0.417. The Hall–Kier alpha value is -2.53. The van der Waals surface area contributed by atoms with Gasteiger partial charge in [0.05, 0.1) is 0 Å². The Morgan fingerprint density at radius 2 is 1.80 bits per heavy atom. The van der Waals surface area contributed by atoms with E-state index in [4.69, 9.17) is 16.3 Å². The van der Waals surface area contributed by atoms with E-state index in [2.05, 4.69) is 5.32 Å². The van der Waals surface area contributed by atoms with Crippen molar-refractivity contribution in [3.8, 4) is 5.75 Å². The van der Waals surface area contributed by atoms with E-state index in [0.717, 1.165) is 11.1 Å². The minimum atomic E-state index is -0.592. The second-order valence-electron chi connectivity index (χ2n) is 8.42. The Kier molecular flexibility index (Phi) is 8.30. The van der Waals surface area contributed by atoms with Gasteiger partial charge in [0.1, 0.15) is 11.8 Å². The fourth-order valence-corrected chi connectivity index (χ4v) is 3.26. The molecule has 2 rings (SSSR count). The third-order valence-corrected chi connectivity index (χ3v) is 4.75. The van der Waals surface area contributed by atoms with Crippen LogP contribution in [0, 0.1) is 6.92 Å². The average Bonchev–Trinajstić information content (AvgIpc) is 2.66. The maximum absolute atomic E-state index is 13.1. The molecule has 6 heteroatoms. The van der Waals surface area contributed by atoms with Crippen LogP contribution in [0.5, 0.6) is 5.75 Å². The number of ether oxygens (including phenoxy) is 1. The van der Waals surface area contributed by atoms with Crippen molar-refractivity contribution in [1.82, 2.24) is 10.2 Å². The summed E-state index contributed by atoms with van der Waals surface area (Å²) in [5.74, 6) is 0.135. The van der Waals surface area contributed by atoms with Gasteiger partial charge in [-0.25, -0.2) is 0 Å². The number of carbonyl (C=O) groups is 2. The van der Waals surface area contributed by atoms with E-state index >= 15 is 0 Å². The van der Waals surface area contributed by atoms with Gasteiger partial charge in [-0.2, -0.15) is 0 Å². The van der Waals surface area contributed by atoms with Gasteiger partial charge in [-0.3, -0.25) is 9.59 Å². The molecule has 162 valence electrons. The zero-order valence-corrected chi connectivity index (χ0v) is 19.1. The maximum atomic E-state index is 13.1. The van der Waals surface area contributed by atoms with Crippen LogP contribution in [0.1, 0.15) is 45.2 Å². The van der Waals surface area contributed by atoms with Gasteiger partial charge in [0, 0.05) is 17.1 Å². The highest BCUT2D eigenvalue weighted by Gasteiger charge is 2.30. The number of halogens is 1. The molecule has 0 aromatic heterocycles. The average molecular weight is 431 g/mol. The first-order chi connectivity index (χ1) is 14.1. The Bertz CT molecular complexity index is 859. The summed E-state index contributed by atoms with van der Waals surface area (Å²) < 4.78 is 5.66. The highest BCUT2D eigenvalue weighted by atomic mass is 35.5. The van der Waals surface area contributed by atoms with Crippen molar-refractivity contribution in [2.45, 2.75) is 59.2 Å². The second kappa shape index (κ2) is 10.5. The molecule has 0 aliphatic rings. The summed E-state index contributed by atoms with van der Waals surface area (Å²) in [6.07, 6.45) is 0.500. The van der Waals surface area contributed by atoms with Crippen LogP contribution in [0.2, 0.25) is 5.02 Å². The third kappa shape index (κ3) is 7.38. The monoisotopic (exact) mass is 430 g/mol. The number of benzene rings is 2. The Morgan fingerprint density at radius 3 is 2.37 bits per heavy atom. The highest BCUT2D eigenvalue weighted by molar-refractivity contribution is 6.30. The molecule has 1 N–H and O–H groups in total. The minimum Gasteiger partial charge on any atom is -0.484 e. The molecule has 0 aliphatic heterocycles. The number of carbonyl (C=O) groups excluding carboxylic acids is 2. The van der Waals surface area contributed by atoms with Crippen LogP contribution < -0.4 is 10.1 Å². The van der Waals surface area contributed by atoms with Gasteiger partial charge in [-0.1, -0.05) is 48.4 Å². The van der Waals surface area contributed by atoms with Gasteiger partial charge >= 0.3 is 0 Å². The molecule has 0 aliphatic carbocycles. The maximum Gasteiger partial charge on any atom is 0.261 e. The normalized spacial score (nSPS) is 12.2. The summed E-state index contributed by atoms with van der Waals surface area (Å²) in [5.41, 5.74) is 1.68. The Labute approximate surface area is 184 Å². The molecule has 2 amide bonds. The molecule has 2 aromatic carbocycles. The number of rotatable bonds is 8. The molecule has 0 heterocycles. The first kappa shape index (κ1) is 23.7. The van der Waals surface area contributed by atoms with E-state index in [1.807, 2.05) is 58.9 Å². The highest BCUT2D eigenvalue weighted by Crippen LogP contribution is 2.18. The Morgan fingerprint density at radius 1 is 1.13 bits per heavy atom. The number of nitrogens with one attached hydrogen (secondary N) is 1. The van der Waals surface area contributed by atoms with Crippen LogP contribution >= 0.6 is 11.6 Å². The predicted molar refractivity (Wildman–Crippen MR) is 121 cm³/mol. The molecule has 0 saturated carbocycles. The molecule has 0 radical (unpaired) electrons. The van der Waals surface area contributed by atoms with Crippen molar-refractivity contribution in [3.63, 3.8) is 0 Å². The first-order valence-corrected chi connectivity index (χ1v) is 10.5. The molecular weight excluding hydrogens is 400 g/mol. The number of hydrogen-bond acceptors (Lipinski definition) is 3. The number of amides is 2. The quantitative estimate of drug-likeness (QED) is 0.657. The van der Waals surface area contributed by atoms with Gasteiger partial charge in [-0.15, -0.1) is 0 Å². The minimum absolute atomic E-state index is 0.160. The van der Waals surface area contributed by atoms with Crippen LogP contribution in [0.15, 0.2) is 48.5 Å². The topological polar surface area (TPSA) is 58.6 Å². The van der Waals surface area contributed by atoms with Crippen LogP contribution in [0.25, 0.3) is 0 Å². The zero-order valence-electron chi connectivity index (χ0n) is 18.4. The van der Waals surface area contributed by atoms with E-state index < -0.39 is 6.04 Å². The van der Waals surface area contributed by atoms with Gasteiger partial charge in [0.25, 0.3) is 5.91 Å². The van der Waals surface area contributed by atoms with Gasteiger partial charge in [-0.05, 0) is 63.9 Å². The van der Waals surface area contributed by atoms with Gasteiger partial charge < -0.3 is 15.0 Å². The van der Waals surface area contributed by atoms with Crippen LogP contribution in [-0.4, -0.2) is 34.9 Å². The zero-order chi connectivity index (χ0) is 22.3. The van der Waals surface area contributed by atoms with E-state index in [1.54, 1.807) is 29.2 Å². The molecular formula is C24H31ClN2O3.